The zero-order chi connectivity index (χ0) is 16.2. The Morgan fingerprint density at radius 2 is 2.17 bits per heavy atom. The second-order valence-corrected chi connectivity index (χ2v) is 5.13. The van der Waals surface area contributed by atoms with Crippen molar-refractivity contribution in [1.29, 1.82) is 0 Å². The molecule has 1 aromatic rings. The Morgan fingerprint density at radius 1 is 1.30 bits per heavy atom. The highest BCUT2D eigenvalue weighted by atomic mass is 16.1. The number of amidine groups is 2. The number of pyridine rings is 1. The van der Waals surface area contributed by atoms with E-state index in [2.05, 4.69) is 31.4 Å². The Hall–Kier alpha value is -3.16. The molecule has 2 aliphatic heterocycles. The van der Waals surface area contributed by atoms with Crippen molar-refractivity contribution >= 4 is 17.6 Å². The van der Waals surface area contributed by atoms with Gasteiger partial charge in [0.25, 0.3) is 0 Å². The maximum absolute atomic E-state index is 11.1. The molecule has 8 nitrogen and oxygen atoms in total. The van der Waals surface area contributed by atoms with E-state index in [1.54, 1.807) is 6.20 Å². The number of carbonyl (C=O) groups excluding carboxylic acids is 1. The zero-order valence-electron chi connectivity index (χ0n) is 12.8. The summed E-state index contributed by atoms with van der Waals surface area (Å²) in [5.74, 6) is 1.11. The van der Waals surface area contributed by atoms with E-state index in [1.165, 1.54) is 6.92 Å². The van der Waals surface area contributed by atoms with Gasteiger partial charge in [0.2, 0.25) is 5.91 Å². The van der Waals surface area contributed by atoms with Gasteiger partial charge in [0.1, 0.15) is 11.7 Å². The van der Waals surface area contributed by atoms with Gasteiger partial charge < -0.3 is 10.2 Å². The molecule has 0 aliphatic carbocycles. The lowest BCUT2D eigenvalue weighted by atomic mass is 10.1. The first-order chi connectivity index (χ1) is 11.1. The van der Waals surface area contributed by atoms with Crippen molar-refractivity contribution in [1.82, 2.24) is 26.1 Å². The molecule has 0 bridgehead atoms. The van der Waals surface area contributed by atoms with Crippen molar-refractivity contribution in [3.05, 3.63) is 54.1 Å². The second-order valence-electron chi connectivity index (χ2n) is 5.13. The number of rotatable bonds is 3. The SMILES string of the molecule is CC(=O)NC1=CN(C)C(C2=NNC(c3ccccn3)=NN2)C=C1. The largest absolute Gasteiger partial charge is 0.365 e. The molecule has 3 heterocycles. The third-order valence-corrected chi connectivity index (χ3v) is 3.31. The first-order valence-electron chi connectivity index (χ1n) is 7.12. The highest BCUT2D eigenvalue weighted by Crippen LogP contribution is 2.12. The van der Waals surface area contributed by atoms with Gasteiger partial charge in [0.05, 0.1) is 5.70 Å². The number of hydrogen-bond donors (Lipinski definition) is 3. The molecule has 0 radical (unpaired) electrons. The van der Waals surface area contributed by atoms with E-state index in [-0.39, 0.29) is 11.9 Å². The third kappa shape index (κ3) is 3.37. The topological polar surface area (TPSA) is 94.0 Å². The number of allylic oxidation sites excluding steroid dienone is 1. The molecular weight excluding hydrogens is 294 g/mol. The molecule has 3 N–H and O–H groups in total. The zero-order valence-corrected chi connectivity index (χ0v) is 12.8. The van der Waals surface area contributed by atoms with Crippen LogP contribution in [0.4, 0.5) is 0 Å². The molecule has 1 aromatic heterocycles. The molecular formula is C15H17N7O. The van der Waals surface area contributed by atoms with Crippen LogP contribution in [-0.2, 0) is 4.79 Å². The summed E-state index contributed by atoms with van der Waals surface area (Å²) in [6.07, 6.45) is 7.31. The highest BCUT2D eigenvalue weighted by molar-refractivity contribution is 6.01. The summed E-state index contributed by atoms with van der Waals surface area (Å²) in [6, 6.07) is 5.48. The smallest absolute Gasteiger partial charge is 0.221 e. The molecule has 3 rings (SSSR count). The normalized spacial score (nSPS) is 19.8. The summed E-state index contributed by atoms with van der Waals surface area (Å²) in [5.41, 5.74) is 7.30. The predicted octanol–water partition coefficient (Wildman–Crippen LogP) is 0.0972. The van der Waals surface area contributed by atoms with Crippen molar-refractivity contribution in [3.8, 4) is 0 Å². The van der Waals surface area contributed by atoms with Crippen LogP contribution in [0.15, 0.2) is 58.6 Å². The van der Waals surface area contributed by atoms with Gasteiger partial charge in [-0.3, -0.25) is 20.6 Å². The van der Waals surface area contributed by atoms with Crippen LogP contribution in [0.1, 0.15) is 12.6 Å². The van der Waals surface area contributed by atoms with Crippen LogP contribution in [0.25, 0.3) is 0 Å². The molecule has 8 heteroatoms. The summed E-state index contributed by atoms with van der Waals surface area (Å²) in [5, 5.41) is 11.3. The first kappa shape index (κ1) is 14.8. The van der Waals surface area contributed by atoms with E-state index in [0.29, 0.717) is 17.4 Å². The van der Waals surface area contributed by atoms with Gasteiger partial charge in [0.15, 0.2) is 11.7 Å². The van der Waals surface area contributed by atoms with Crippen LogP contribution in [0.3, 0.4) is 0 Å². The molecule has 1 unspecified atom stereocenters. The number of carbonyl (C=O) groups is 1. The lowest BCUT2D eigenvalue weighted by Gasteiger charge is -2.30. The minimum atomic E-state index is -0.104. The summed E-state index contributed by atoms with van der Waals surface area (Å²) < 4.78 is 0. The highest BCUT2D eigenvalue weighted by Gasteiger charge is 2.22. The maximum atomic E-state index is 11.1. The Balaban J connectivity index is 1.67. The summed E-state index contributed by atoms with van der Waals surface area (Å²) in [7, 11) is 1.90. The van der Waals surface area contributed by atoms with Gasteiger partial charge in [-0.2, -0.15) is 10.2 Å². The lowest BCUT2D eigenvalue weighted by molar-refractivity contribution is -0.118. The van der Waals surface area contributed by atoms with Crippen LogP contribution in [0.2, 0.25) is 0 Å². The van der Waals surface area contributed by atoms with E-state index in [0.717, 1.165) is 5.70 Å². The third-order valence-electron chi connectivity index (χ3n) is 3.31. The van der Waals surface area contributed by atoms with Crippen LogP contribution < -0.4 is 16.2 Å². The predicted molar refractivity (Wildman–Crippen MR) is 87.1 cm³/mol. The average Bonchev–Trinajstić information content (AvgIpc) is 2.55. The van der Waals surface area contributed by atoms with E-state index in [4.69, 9.17) is 0 Å². The Bertz CT molecular complexity index is 721. The summed E-state index contributed by atoms with van der Waals surface area (Å²) in [4.78, 5) is 17.2. The number of likely N-dealkylation sites (N-methyl/N-ethyl adjacent to an activating group) is 1. The van der Waals surface area contributed by atoms with Crippen molar-refractivity contribution in [2.45, 2.75) is 13.0 Å². The number of hydrazone groups is 2. The van der Waals surface area contributed by atoms with Crippen molar-refractivity contribution in [2.24, 2.45) is 10.2 Å². The van der Waals surface area contributed by atoms with Gasteiger partial charge >= 0.3 is 0 Å². The maximum Gasteiger partial charge on any atom is 0.221 e. The number of nitrogens with zero attached hydrogens (tertiary/aromatic N) is 4. The Kier molecular flexibility index (Phi) is 4.05. The van der Waals surface area contributed by atoms with E-state index >= 15 is 0 Å². The molecule has 0 fully saturated rings. The Labute approximate surface area is 133 Å². The summed E-state index contributed by atoms with van der Waals surface area (Å²) >= 11 is 0. The first-order valence-corrected chi connectivity index (χ1v) is 7.12. The van der Waals surface area contributed by atoms with E-state index < -0.39 is 0 Å². The quantitative estimate of drug-likeness (QED) is 0.736. The fourth-order valence-electron chi connectivity index (χ4n) is 2.26. The van der Waals surface area contributed by atoms with Crippen LogP contribution in [0, 0.1) is 0 Å². The Morgan fingerprint density at radius 3 is 2.78 bits per heavy atom. The van der Waals surface area contributed by atoms with Gasteiger partial charge in [-0.15, -0.1) is 0 Å². The fraction of sp³-hybridized carbons (Fsp3) is 0.200. The van der Waals surface area contributed by atoms with Crippen molar-refractivity contribution < 1.29 is 4.79 Å². The average molecular weight is 311 g/mol. The lowest BCUT2D eigenvalue weighted by Crippen LogP contribution is -2.46. The molecule has 0 spiro atoms. The van der Waals surface area contributed by atoms with Gasteiger partial charge in [0, 0.05) is 26.4 Å². The monoisotopic (exact) mass is 311 g/mol. The van der Waals surface area contributed by atoms with Gasteiger partial charge in [-0.1, -0.05) is 12.1 Å². The molecule has 23 heavy (non-hydrogen) atoms. The number of nitrogens with one attached hydrogen (secondary N) is 3. The molecule has 0 aromatic carbocycles. The molecule has 1 amide bonds. The van der Waals surface area contributed by atoms with Crippen molar-refractivity contribution in [3.63, 3.8) is 0 Å². The van der Waals surface area contributed by atoms with E-state index in [9.17, 15) is 4.79 Å². The fourth-order valence-corrected chi connectivity index (χ4v) is 2.26. The minimum absolute atomic E-state index is 0.103. The molecule has 118 valence electrons. The number of amides is 1. The van der Waals surface area contributed by atoms with E-state index in [1.807, 2.05) is 48.5 Å². The van der Waals surface area contributed by atoms with Gasteiger partial charge in [-0.25, -0.2) is 0 Å². The number of aromatic nitrogens is 1. The summed E-state index contributed by atoms with van der Waals surface area (Å²) in [6.45, 7) is 1.48. The van der Waals surface area contributed by atoms with Crippen LogP contribution >= 0.6 is 0 Å². The number of hydrogen-bond acceptors (Lipinski definition) is 7. The van der Waals surface area contributed by atoms with Crippen LogP contribution in [0.5, 0.6) is 0 Å². The molecule has 0 saturated carbocycles. The van der Waals surface area contributed by atoms with Gasteiger partial charge in [-0.05, 0) is 18.2 Å². The minimum Gasteiger partial charge on any atom is -0.365 e. The molecule has 2 aliphatic rings. The standard InChI is InChI=1S/C15H17N7O/c1-10(23)17-11-6-7-13(22(2)9-11)15-20-18-14(19-21-15)12-5-3-4-8-16-12/h3-9,13H,1-2H3,(H,17,23)(H,18,19)(H,20,21). The van der Waals surface area contributed by atoms with Crippen molar-refractivity contribution in [2.75, 3.05) is 7.05 Å². The second kappa shape index (κ2) is 6.30. The van der Waals surface area contributed by atoms with Crippen LogP contribution in [-0.4, -0.2) is 40.6 Å². The molecule has 0 saturated heterocycles. The molecule has 1 atom stereocenters.